The number of rotatable bonds is 6. The number of amides is 2. The van der Waals surface area contributed by atoms with Crippen molar-refractivity contribution in [3.05, 3.63) is 131 Å². The van der Waals surface area contributed by atoms with E-state index in [0.29, 0.717) is 28.7 Å². The number of nitrogens with zero attached hydrogens (tertiary/aromatic N) is 2. The molecule has 3 aromatic carbocycles. The Balaban J connectivity index is 0.000000166. The summed E-state index contributed by atoms with van der Waals surface area (Å²) in [5.74, 6) is 2.99. The molecule has 234 valence electrons. The van der Waals surface area contributed by atoms with Crippen molar-refractivity contribution in [3.63, 3.8) is 0 Å². The second-order valence-corrected chi connectivity index (χ2v) is 11.3. The molecule has 0 aliphatic carbocycles. The van der Waals surface area contributed by atoms with Gasteiger partial charge in [-0.05, 0) is 88.9 Å². The molecule has 2 aromatic heterocycles. The molecule has 0 saturated heterocycles. The Kier molecular flexibility index (Phi) is 8.93. The summed E-state index contributed by atoms with van der Waals surface area (Å²) >= 11 is 0. The van der Waals surface area contributed by atoms with Gasteiger partial charge in [0.25, 0.3) is 11.8 Å². The number of ether oxygens (including phenoxy) is 2. The van der Waals surface area contributed by atoms with E-state index in [4.69, 9.17) is 9.47 Å². The zero-order valence-electron chi connectivity index (χ0n) is 26.6. The maximum Gasteiger partial charge on any atom is 0.257 e. The molecule has 2 amide bonds. The lowest BCUT2D eigenvalue weighted by Gasteiger charge is -2.12. The predicted molar refractivity (Wildman–Crippen MR) is 187 cm³/mol. The quantitative estimate of drug-likeness (QED) is 0.186. The molecule has 4 heterocycles. The molecule has 0 spiro atoms. The van der Waals surface area contributed by atoms with Crippen molar-refractivity contribution in [3.8, 4) is 22.6 Å². The van der Waals surface area contributed by atoms with E-state index in [1.54, 1.807) is 26.6 Å². The molecular weight excluding hydrogens is 588 g/mol. The third-order valence-electron chi connectivity index (χ3n) is 7.95. The molecule has 0 bridgehead atoms. The molecule has 2 aliphatic rings. The Morgan fingerprint density at radius 3 is 1.68 bits per heavy atom. The second-order valence-electron chi connectivity index (χ2n) is 11.3. The van der Waals surface area contributed by atoms with Crippen LogP contribution in [0.2, 0.25) is 0 Å². The summed E-state index contributed by atoms with van der Waals surface area (Å²) in [4.78, 5) is 32.8. The van der Waals surface area contributed by atoms with Crippen LogP contribution in [-0.4, -0.2) is 36.0 Å². The fourth-order valence-electron chi connectivity index (χ4n) is 5.61. The number of aromatic nitrogens is 2. The summed E-state index contributed by atoms with van der Waals surface area (Å²) in [5, 5.41) is 5.58. The van der Waals surface area contributed by atoms with Gasteiger partial charge in [-0.3, -0.25) is 9.59 Å². The van der Waals surface area contributed by atoms with Gasteiger partial charge in [0, 0.05) is 29.1 Å². The van der Waals surface area contributed by atoms with Gasteiger partial charge in [-0.15, -0.1) is 0 Å². The standard InChI is InChI=1S/C21H16N2O2.C18H18N2O2/c1-25-19-10-9-14(12-17(19)15-6-3-2-4-7-15)13-18-16-8-5-11-22-20(16)23-21(18)24;1-11(2)14-9-12(6-7-16(14)22-3)10-15-13-5-4-8-19-17(13)20-18(15)21/h2-13H,1H3,(H,22,23,24);4-11H,1-3H3,(H,19,20,21)/b18-13-;15-10-. The predicted octanol–water partition coefficient (Wildman–Crippen LogP) is 7.96. The van der Waals surface area contributed by atoms with Crippen LogP contribution in [0.4, 0.5) is 11.6 Å². The zero-order valence-corrected chi connectivity index (χ0v) is 26.6. The largest absolute Gasteiger partial charge is 0.496 e. The van der Waals surface area contributed by atoms with Gasteiger partial charge in [-0.1, -0.05) is 56.3 Å². The molecule has 0 unspecified atom stereocenters. The minimum atomic E-state index is -0.134. The van der Waals surface area contributed by atoms with Crippen molar-refractivity contribution < 1.29 is 19.1 Å². The average molecular weight is 623 g/mol. The van der Waals surface area contributed by atoms with Crippen molar-refractivity contribution in [2.75, 3.05) is 24.9 Å². The molecule has 0 saturated carbocycles. The van der Waals surface area contributed by atoms with Gasteiger partial charge in [-0.2, -0.15) is 0 Å². The first-order chi connectivity index (χ1) is 22.9. The SMILES string of the molecule is COc1ccc(/C=C2\C(=O)Nc3ncccc32)cc1-c1ccccc1.COc1ccc(/C=C2\C(=O)Nc3ncccc32)cc1C(C)C. The molecular formula is C39H34N4O4. The smallest absolute Gasteiger partial charge is 0.257 e. The fraction of sp³-hybridized carbons (Fsp3) is 0.128. The molecule has 7 rings (SSSR count). The van der Waals surface area contributed by atoms with E-state index in [1.165, 1.54) is 0 Å². The second kappa shape index (κ2) is 13.5. The van der Waals surface area contributed by atoms with E-state index in [9.17, 15) is 9.59 Å². The molecule has 8 nitrogen and oxygen atoms in total. The monoisotopic (exact) mass is 622 g/mol. The Hall–Kier alpha value is -6.02. The number of methoxy groups -OCH3 is 2. The van der Waals surface area contributed by atoms with Crippen LogP contribution in [-0.2, 0) is 9.59 Å². The van der Waals surface area contributed by atoms with E-state index in [2.05, 4.69) is 40.5 Å². The molecule has 0 fully saturated rings. The third-order valence-corrected chi connectivity index (χ3v) is 7.95. The van der Waals surface area contributed by atoms with Crippen LogP contribution < -0.4 is 20.1 Å². The van der Waals surface area contributed by atoms with Crippen molar-refractivity contribution in [2.45, 2.75) is 19.8 Å². The van der Waals surface area contributed by atoms with Crippen LogP contribution in [0, 0.1) is 0 Å². The van der Waals surface area contributed by atoms with Crippen molar-refractivity contribution in [1.29, 1.82) is 0 Å². The lowest BCUT2D eigenvalue weighted by Crippen LogP contribution is -2.04. The van der Waals surface area contributed by atoms with Crippen LogP contribution >= 0.6 is 0 Å². The lowest BCUT2D eigenvalue weighted by atomic mass is 9.98. The van der Waals surface area contributed by atoms with Crippen molar-refractivity contribution >= 4 is 46.7 Å². The summed E-state index contributed by atoms with van der Waals surface area (Å²) in [6.45, 7) is 4.24. The highest BCUT2D eigenvalue weighted by Gasteiger charge is 2.26. The number of fused-ring (bicyclic) bond motifs is 2. The average Bonchev–Trinajstić information content (AvgIpc) is 3.59. The molecule has 2 aliphatic heterocycles. The number of carbonyl (C=O) groups is 2. The van der Waals surface area contributed by atoms with E-state index in [-0.39, 0.29) is 11.8 Å². The Morgan fingerprint density at radius 2 is 1.15 bits per heavy atom. The van der Waals surface area contributed by atoms with Crippen molar-refractivity contribution in [1.82, 2.24) is 9.97 Å². The fourth-order valence-corrected chi connectivity index (χ4v) is 5.61. The highest BCUT2D eigenvalue weighted by atomic mass is 16.5. The van der Waals surface area contributed by atoms with Crippen LogP contribution in [0.15, 0.2) is 103 Å². The van der Waals surface area contributed by atoms with Crippen LogP contribution in [0.25, 0.3) is 34.4 Å². The minimum Gasteiger partial charge on any atom is -0.496 e. The van der Waals surface area contributed by atoms with Gasteiger partial charge < -0.3 is 20.1 Å². The topological polar surface area (TPSA) is 102 Å². The normalized spacial score (nSPS) is 14.7. The summed E-state index contributed by atoms with van der Waals surface area (Å²) in [6, 6.07) is 29.4. The van der Waals surface area contributed by atoms with Crippen LogP contribution in [0.1, 0.15) is 47.6 Å². The van der Waals surface area contributed by atoms with Gasteiger partial charge in [0.1, 0.15) is 23.1 Å². The van der Waals surface area contributed by atoms with E-state index >= 15 is 0 Å². The van der Waals surface area contributed by atoms with E-state index in [1.807, 2.05) is 97.1 Å². The molecule has 47 heavy (non-hydrogen) atoms. The number of benzene rings is 3. The van der Waals surface area contributed by atoms with Gasteiger partial charge in [0.05, 0.1) is 25.4 Å². The maximum atomic E-state index is 12.3. The first-order valence-electron chi connectivity index (χ1n) is 15.2. The number of nitrogens with one attached hydrogen (secondary N) is 2. The zero-order chi connectivity index (χ0) is 32.9. The summed E-state index contributed by atoms with van der Waals surface area (Å²) in [5.41, 5.74) is 8.02. The molecule has 0 radical (unpaired) electrons. The van der Waals surface area contributed by atoms with Gasteiger partial charge in [-0.25, -0.2) is 9.97 Å². The van der Waals surface area contributed by atoms with Gasteiger partial charge >= 0.3 is 0 Å². The van der Waals surface area contributed by atoms with Gasteiger partial charge in [0.15, 0.2) is 0 Å². The highest BCUT2D eigenvalue weighted by molar-refractivity contribution is 6.35. The Morgan fingerprint density at radius 1 is 0.617 bits per heavy atom. The number of carbonyl (C=O) groups excluding carboxylic acids is 2. The molecule has 8 heteroatoms. The number of pyridine rings is 2. The van der Waals surface area contributed by atoms with Crippen LogP contribution in [0.5, 0.6) is 11.5 Å². The summed E-state index contributed by atoms with van der Waals surface area (Å²) < 4.78 is 10.9. The first-order valence-corrected chi connectivity index (χ1v) is 15.2. The number of anilines is 2. The minimum absolute atomic E-state index is 0.115. The number of hydrogen-bond donors (Lipinski definition) is 2. The molecule has 5 aromatic rings. The summed E-state index contributed by atoms with van der Waals surface area (Å²) in [6.07, 6.45) is 7.12. The summed E-state index contributed by atoms with van der Waals surface area (Å²) in [7, 11) is 3.33. The van der Waals surface area contributed by atoms with Gasteiger partial charge in [0.2, 0.25) is 0 Å². The van der Waals surface area contributed by atoms with E-state index in [0.717, 1.165) is 50.4 Å². The molecule has 2 N–H and O–H groups in total. The first kappa shape index (κ1) is 31.0. The maximum absolute atomic E-state index is 12.3. The lowest BCUT2D eigenvalue weighted by molar-refractivity contribution is -0.111. The third kappa shape index (κ3) is 6.53. The van der Waals surface area contributed by atoms with E-state index < -0.39 is 0 Å². The molecule has 0 atom stereocenters. The Labute approximate surface area is 273 Å². The highest BCUT2D eigenvalue weighted by Crippen LogP contribution is 2.35. The Bertz CT molecular complexity index is 2030. The van der Waals surface area contributed by atoms with Crippen molar-refractivity contribution in [2.24, 2.45) is 0 Å². The van der Waals surface area contributed by atoms with Crippen LogP contribution in [0.3, 0.4) is 0 Å². The number of hydrogen-bond acceptors (Lipinski definition) is 6.